The van der Waals surface area contributed by atoms with Crippen LogP contribution in [0.5, 0.6) is 11.5 Å². The van der Waals surface area contributed by atoms with Gasteiger partial charge < -0.3 is 15.1 Å². The van der Waals surface area contributed by atoms with Gasteiger partial charge in [-0.1, -0.05) is 29.8 Å². The molecule has 0 bridgehead atoms. The third-order valence-electron chi connectivity index (χ3n) is 5.59. The monoisotopic (exact) mass is 385 g/mol. The van der Waals surface area contributed by atoms with Crippen LogP contribution in [0, 0.1) is 0 Å². The van der Waals surface area contributed by atoms with E-state index in [9.17, 15) is 10.2 Å². The molecule has 6 heteroatoms. The Labute approximate surface area is 164 Å². The van der Waals surface area contributed by atoms with Crippen molar-refractivity contribution < 1.29 is 10.2 Å². The molecule has 4 rings (SSSR count). The Hall–Kier alpha value is -2.08. The van der Waals surface area contributed by atoms with Crippen molar-refractivity contribution in [3.05, 3.63) is 58.6 Å². The Balaban J connectivity index is 1.78. The van der Waals surface area contributed by atoms with Gasteiger partial charge in [-0.05, 0) is 44.2 Å². The van der Waals surface area contributed by atoms with Crippen LogP contribution in [0.2, 0.25) is 5.02 Å². The van der Waals surface area contributed by atoms with Crippen LogP contribution >= 0.6 is 11.6 Å². The molecule has 2 aromatic carbocycles. The van der Waals surface area contributed by atoms with Crippen molar-refractivity contribution in [3.8, 4) is 11.5 Å². The number of nitrogens with one attached hydrogen (secondary N) is 1. The molecular formula is C21H24ClN3O2. The number of aromatic hydroxyl groups is 2. The van der Waals surface area contributed by atoms with Crippen LogP contribution in [0.4, 0.5) is 0 Å². The van der Waals surface area contributed by atoms with Crippen molar-refractivity contribution >= 4 is 17.3 Å². The summed E-state index contributed by atoms with van der Waals surface area (Å²) in [5.41, 5.74) is 1.95. The highest BCUT2D eigenvalue weighted by Crippen LogP contribution is 2.38. The van der Waals surface area contributed by atoms with Crippen molar-refractivity contribution in [2.45, 2.75) is 31.0 Å². The summed E-state index contributed by atoms with van der Waals surface area (Å²) in [7, 11) is 2.11. The van der Waals surface area contributed by atoms with Crippen LogP contribution in [-0.4, -0.2) is 46.6 Å². The maximum atomic E-state index is 10.4. The van der Waals surface area contributed by atoms with Crippen molar-refractivity contribution in [2.75, 3.05) is 20.1 Å². The van der Waals surface area contributed by atoms with E-state index in [1.54, 1.807) is 24.3 Å². The Kier molecular flexibility index (Phi) is 4.84. The summed E-state index contributed by atoms with van der Waals surface area (Å²) in [6.07, 6.45) is 2.32. The van der Waals surface area contributed by atoms with E-state index in [0.29, 0.717) is 17.0 Å². The number of halogens is 1. The summed E-state index contributed by atoms with van der Waals surface area (Å²) in [4.78, 5) is 7.36. The predicted octanol–water partition coefficient (Wildman–Crippen LogP) is 3.70. The van der Waals surface area contributed by atoms with Gasteiger partial charge in [0.15, 0.2) is 0 Å². The fourth-order valence-corrected chi connectivity index (χ4v) is 4.20. The lowest BCUT2D eigenvalue weighted by Crippen LogP contribution is -2.55. The van der Waals surface area contributed by atoms with Gasteiger partial charge in [-0.15, -0.1) is 0 Å². The number of hydrogen-bond acceptors (Lipinski definition) is 5. The van der Waals surface area contributed by atoms with E-state index >= 15 is 0 Å². The summed E-state index contributed by atoms with van der Waals surface area (Å²) in [6, 6.07) is 12.4. The van der Waals surface area contributed by atoms with Crippen molar-refractivity contribution in [1.82, 2.24) is 10.2 Å². The van der Waals surface area contributed by atoms with E-state index in [1.165, 1.54) is 0 Å². The van der Waals surface area contributed by atoms with Gasteiger partial charge >= 0.3 is 0 Å². The molecule has 1 saturated heterocycles. The van der Waals surface area contributed by atoms with E-state index in [4.69, 9.17) is 16.6 Å². The number of nitrogens with zero attached hydrogens (tertiary/aromatic N) is 2. The van der Waals surface area contributed by atoms with Gasteiger partial charge in [0.2, 0.25) is 0 Å². The van der Waals surface area contributed by atoms with Crippen LogP contribution in [-0.2, 0) is 0 Å². The molecule has 1 unspecified atom stereocenters. The average Bonchev–Trinajstić information content (AvgIpc) is 2.66. The lowest BCUT2D eigenvalue weighted by Gasteiger charge is -2.44. The van der Waals surface area contributed by atoms with Crippen LogP contribution < -0.4 is 5.32 Å². The quantitative estimate of drug-likeness (QED) is 0.737. The number of aliphatic imine (C=N–C) groups is 1. The van der Waals surface area contributed by atoms with Gasteiger partial charge in [-0.2, -0.15) is 0 Å². The average molecular weight is 386 g/mol. The highest BCUT2D eigenvalue weighted by molar-refractivity contribution is 6.31. The first-order valence-corrected chi connectivity index (χ1v) is 9.65. The number of piperidine rings is 1. The molecule has 0 aliphatic carbocycles. The van der Waals surface area contributed by atoms with Crippen LogP contribution in [0.3, 0.4) is 0 Å². The largest absolute Gasteiger partial charge is 0.508 e. The number of rotatable bonds is 2. The highest BCUT2D eigenvalue weighted by atomic mass is 35.5. The molecule has 0 saturated carbocycles. The van der Waals surface area contributed by atoms with Gasteiger partial charge in [0.25, 0.3) is 0 Å². The molecule has 27 heavy (non-hydrogen) atoms. The molecule has 3 N–H and O–H groups in total. The molecule has 2 aromatic rings. The highest BCUT2D eigenvalue weighted by Gasteiger charge is 2.40. The second-order valence-corrected chi connectivity index (χ2v) is 7.95. The van der Waals surface area contributed by atoms with Gasteiger partial charge in [0, 0.05) is 47.4 Å². The third kappa shape index (κ3) is 3.68. The number of benzene rings is 2. The first-order chi connectivity index (χ1) is 13.0. The fraction of sp³-hybridized carbons (Fsp3) is 0.381. The molecular weight excluding hydrogens is 362 g/mol. The Bertz CT molecular complexity index is 875. The first-order valence-electron chi connectivity index (χ1n) is 9.27. The third-order valence-corrected chi connectivity index (χ3v) is 5.82. The van der Waals surface area contributed by atoms with Crippen molar-refractivity contribution in [1.29, 1.82) is 0 Å². The Morgan fingerprint density at radius 2 is 1.85 bits per heavy atom. The second-order valence-electron chi connectivity index (χ2n) is 7.51. The van der Waals surface area contributed by atoms with E-state index in [1.807, 2.05) is 18.2 Å². The zero-order valence-corrected chi connectivity index (χ0v) is 16.1. The molecule has 2 aliphatic rings. The summed E-state index contributed by atoms with van der Waals surface area (Å²) in [5.74, 6) is 0.453. The summed E-state index contributed by atoms with van der Waals surface area (Å²) in [5, 5.41) is 25.1. The standard InChI is InChI=1S/C21H24ClN3O2/c1-25-10-8-21(9-11-25)23-17(15-4-2-3-5-19(15)26)13-18(24-21)16-12-14(22)6-7-20(16)27/h2-7,12,17,23,26-27H,8-11,13H2,1H3. The molecule has 1 fully saturated rings. The minimum absolute atomic E-state index is 0.0829. The van der Waals surface area contributed by atoms with Crippen LogP contribution in [0.15, 0.2) is 47.5 Å². The molecule has 5 nitrogen and oxygen atoms in total. The molecule has 0 amide bonds. The SMILES string of the molecule is CN1CCC2(CC1)N=C(c1cc(Cl)ccc1O)CC(c1ccccc1O)N2. The first kappa shape index (κ1) is 18.3. The van der Waals surface area contributed by atoms with Crippen molar-refractivity contribution in [2.24, 2.45) is 4.99 Å². The number of likely N-dealkylation sites (tertiary alicyclic amines) is 1. The van der Waals surface area contributed by atoms with Crippen LogP contribution in [0.25, 0.3) is 0 Å². The lowest BCUT2D eigenvalue weighted by molar-refractivity contribution is 0.144. The fourth-order valence-electron chi connectivity index (χ4n) is 4.03. The number of phenolic OH excluding ortho intramolecular Hbond substituents is 2. The van der Waals surface area contributed by atoms with E-state index in [-0.39, 0.29) is 17.5 Å². The van der Waals surface area contributed by atoms with E-state index < -0.39 is 5.66 Å². The van der Waals surface area contributed by atoms with Crippen molar-refractivity contribution in [3.63, 3.8) is 0 Å². The number of hydrogen-bond donors (Lipinski definition) is 3. The minimum atomic E-state index is -0.401. The van der Waals surface area contributed by atoms with Gasteiger partial charge in [-0.25, -0.2) is 0 Å². The molecule has 2 aliphatic heterocycles. The zero-order chi connectivity index (χ0) is 19.0. The zero-order valence-electron chi connectivity index (χ0n) is 15.3. The normalized spacial score (nSPS) is 22.6. The maximum Gasteiger partial charge on any atom is 0.124 e. The van der Waals surface area contributed by atoms with Gasteiger partial charge in [0.1, 0.15) is 17.2 Å². The van der Waals surface area contributed by atoms with E-state index in [2.05, 4.69) is 17.3 Å². The number of phenols is 2. The topological polar surface area (TPSA) is 68.1 Å². The van der Waals surface area contributed by atoms with Gasteiger partial charge in [0.05, 0.1) is 0 Å². The molecule has 0 aromatic heterocycles. The van der Waals surface area contributed by atoms with Gasteiger partial charge in [-0.3, -0.25) is 10.3 Å². The Morgan fingerprint density at radius 1 is 1.11 bits per heavy atom. The summed E-state index contributed by atoms with van der Waals surface area (Å²) in [6.45, 7) is 1.89. The summed E-state index contributed by atoms with van der Waals surface area (Å²) < 4.78 is 0. The second kappa shape index (κ2) is 7.15. The molecule has 1 spiro atoms. The summed E-state index contributed by atoms with van der Waals surface area (Å²) >= 11 is 6.18. The molecule has 2 heterocycles. The van der Waals surface area contributed by atoms with Crippen LogP contribution in [0.1, 0.15) is 36.4 Å². The smallest absolute Gasteiger partial charge is 0.124 e. The molecule has 142 valence electrons. The Morgan fingerprint density at radius 3 is 2.59 bits per heavy atom. The minimum Gasteiger partial charge on any atom is -0.508 e. The predicted molar refractivity (Wildman–Crippen MR) is 108 cm³/mol. The molecule has 1 atom stereocenters. The maximum absolute atomic E-state index is 10.4. The molecule has 0 radical (unpaired) electrons. The number of para-hydroxylation sites is 1. The lowest BCUT2D eigenvalue weighted by atomic mass is 9.87. The van der Waals surface area contributed by atoms with E-state index in [0.717, 1.165) is 37.2 Å².